The van der Waals surface area contributed by atoms with E-state index in [4.69, 9.17) is 18.5 Å². The fourth-order valence-corrected chi connectivity index (χ4v) is 6.08. The predicted molar refractivity (Wildman–Crippen MR) is 215 cm³/mol. The average Bonchev–Trinajstić information content (AvgIpc) is 3.12. The minimum absolute atomic E-state index is 0.0227. The molecule has 0 rings (SSSR count). The number of rotatable bonds is 38. The second kappa shape index (κ2) is 38.7. The van der Waals surface area contributed by atoms with Crippen LogP contribution in [-0.2, 0) is 32.7 Å². The molecule has 0 aromatic rings. The molecule has 302 valence electrons. The topological polar surface area (TPSA) is 120 Å². The maximum absolute atomic E-state index is 12.6. The van der Waals surface area contributed by atoms with Gasteiger partial charge in [0.1, 0.15) is 6.61 Å². The fraction of sp³-hybridized carbons (Fsp3) is 0.762. The molecule has 2 N–H and O–H groups in total. The summed E-state index contributed by atoms with van der Waals surface area (Å²) < 4.78 is 33.1. The molecule has 0 aliphatic heterocycles. The van der Waals surface area contributed by atoms with Crippen molar-refractivity contribution < 1.29 is 37.6 Å². The SMILES string of the molecule is CC/C=C\C/C=C\C/C=C\CCCCCCCC(=O)OC(COC(=O)CCCCCCCCC/C=C\CCCCCC)COP(=O)(O)OCCNC. The Morgan fingerprint density at radius 3 is 1.65 bits per heavy atom. The fourth-order valence-electron chi connectivity index (χ4n) is 5.33. The zero-order valence-electron chi connectivity index (χ0n) is 33.2. The Morgan fingerprint density at radius 1 is 0.615 bits per heavy atom. The van der Waals surface area contributed by atoms with E-state index in [-0.39, 0.29) is 32.0 Å². The molecule has 0 aliphatic carbocycles. The van der Waals surface area contributed by atoms with Gasteiger partial charge in [0, 0.05) is 19.4 Å². The lowest BCUT2D eigenvalue weighted by Crippen LogP contribution is -2.29. The second-order valence-electron chi connectivity index (χ2n) is 13.4. The standard InChI is InChI=1S/C42H76NO8P/c1-4-6-8-10-12-14-16-18-20-22-24-26-28-30-32-34-41(44)48-38-40(39-50-52(46,47)49-37-36-43-3)51-42(45)35-33-31-29-27-25-23-21-19-17-15-13-11-9-7-5-2/h7,9,13-16,19,21,40,43H,4-6,8,10-12,17-18,20,22-39H2,1-3H3,(H,46,47)/b9-7-,15-13-,16-14-,21-19-. The third kappa shape index (κ3) is 37.7. The molecule has 0 saturated carbocycles. The van der Waals surface area contributed by atoms with Crippen molar-refractivity contribution >= 4 is 19.8 Å². The van der Waals surface area contributed by atoms with E-state index in [0.29, 0.717) is 13.0 Å². The minimum atomic E-state index is -4.35. The van der Waals surface area contributed by atoms with Gasteiger partial charge < -0.3 is 19.7 Å². The van der Waals surface area contributed by atoms with Crippen molar-refractivity contribution in [2.75, 3.05) is 33.4 Å². The Hall–Kier alpha value is -2.03. The molecular weight excluding hydrogens is 677 g/mol. The molecule has 10 heteroatoms. The number of phosphoric acid groups is 1. The van der Waals surface area contributed by atoms with E-state index in [9.17, 15) is 19.0 Å². The number of likely N-dealkylation sites (N-methyl/N-ethyl adjacent to an activating group) is 1. The lowest BCUT2D eigenvalue weighted by atomic mass is 10.1. The maximum Gasteiger partial charge on any atom is 0.472 e. The minimum Gasteiger partial charge on any atom is -0.462 e. The summed E-state index contributed by atoms with van der Waals surface area (Å²) >= 11 is 0. The Balaban J connectivity index is 4.29. The first kappa shape index (κ1) is 50.0. The number of ether oxygens (including phenoxy) is 2. The van der Waals surface area contributed by atoms with Gasteiger partial charge in [0.05, 0.1) is 13.2 Å². The monoisotopic (exact) mass is 754 g/mol. The van der Waals surface area contributed by atoms with E-state index in [1.54, 1.807) is 7.05 Å². The molecule has 0 aromatic carbocycles. The Labute approximate surface area is 318 Å². The molecule has 0 heterocycles. The van der Waals surface area contributed by atoms with Crippen molar-refractivity contribution in [1.29, 1.82) is 0 Å². The highest BCUT2D eigenvalue weighted by atomic mass is 31.2. The van der Waals surface area contributed by atoms with Crippen LogP contribution in [0.25, 0.3) is 0 Å². The van der Waals surface area contributed by atoms with Crippen LogP contribution in [0.3, 0.4) is 0 Å². The molecule has 0 amide bonds. The number of allylic oxidation sites excluding steroid dienone is 8. The molecule has 9 nitrogen and oxygen atoms in total. The van der Waals surface area contributed by atoms with E-state index in [1.807, 2.05) is 0 Å². The van der Waals surface area contributed by atoms with Crippen LogP contribution in [0.15, 0.2) is 48.6 Å². The molecule has 0 aliphatic rings. The average molecular weight is 754 g/mol. The molecule has 0 fully saturated rings. The predicted octanol–water partition coefficient (Wildman–Crippen LogP) is 11.4. The number of carbonyl (C=O) groups excluding carboxylic acids is 2. The van der Waals surface area contributed by atoms with Gasteiger partial charge in [0.25, 0.3) is 0 Å². The summed E-state index contributed by atoms with van der Waals surface area (Å²) in [5.41, 5.74) is 0. The quantitative estimate of drug-likeness (QED) is 0.0275. The van der Waals surface area contributed by atoms with Gasteiger partial charge in [-0.3, -0.25) is 18.6 Å². The van der Waals surface area contributed by atoms with Crippen LogP contribution >= 0.6 is 7.82 Å². The van der Waals surface area contributed by atoms with Gasteiger partial charge in [-0.1, -0.05) is 133 Å². The summed E-state index contributed by atoms with van der Waals surface area (Å²) in [4.78, 5) is 35.0. The van der Waals surface area contributed by atoms with E-state index in [0.717, 1.165) is 83.5 Å². The van der Waals surface area contributed by atoms with Crippen molar-refractivity contribution in [3.05, 3.63) is 48.6 Å². The van der Waals surface area contributed by atoms with Crippen LogP contribution in [0.1, 0.15) is 168 Å². The van der Waals surface area contributed by atoms with Crippen LogP contribution < -0.4 is 5.32 Å². The van der Waals surface area contributed by atoms with Crippen molar-refractivity contribution in [1.82, 2.24) is 5.32 Å². The zero-order valence-corrected chi connectivity index (χ0v) is 34.1. The number of hydrogen-bond acceptors (Lipinski definition) is 8. The summed E-state index contributed by atoms with van der Waals surface area (Å²) in [6, 6.07) is 0. The summed E-state index contributed by atoms with van der Waals surface area (Å²) in [6.07, 6.45) is 41.5. The van der Waals surface area contributed by atoms with Gasteiger partial charge >= 0.3 is 19.8 Å². The number of hydrogen-bond donors (Lipinski definition) is 2. The normalized spacial score (nSPS) is 13.8. The van der Waals surface area contributed by atoms with E-state index >= 15 is 0 Å². The molecule has 0 aromatic heterocycles. The molecule has 2 unspecified atom stereocenters. The van der Waals surface area contributed by atoms with E-state index < -0.39 is 26.5 Å². The van der Waals surface area contributed by atoms with Crippen LogP contribution in [0.4, 0.5) is 0 Å². The van der Waals surface area contributed by atoms with Crippen molar-refractivity contribution in [3.63, 3.8) is 0 Å². The van der Waals surface area contributed by atoms with Crippen LogP contribution in [0.5, 0.6) is 0 Å². The van der Waals surface area contributed by atoms with Gasteiger partial charge in [-0.05, 0) is 77.7 Å². The number of nitrogens with one attached hydrogen (secondary N) is 1. The third-order valence-electron chi connectivity index (χ3n) is 8.43. The summed E-state index contributed by atoms with van der Waals surface area (Å²) in [7, 11) is -2.66. The first-order chi connectivity index (χ1) is 25.3. The molecule has 0 spiro atoms. The molecule has 52 heavy (non-hydrogen) atoms. The van der Waals surface area contributed by atoms with Gasteiger partial charge in [0.2, 0.25) is 0 Å². The summed E-state index contributed by atoms with van der Waals surface area (Å²) in [5, 5.41) is 2.82. The molecule has 0 bridgehead atoms. The van der Waals surface area contributed by atoms with Crippen LogP contribution in [0.2, 0.25) is 0 Å². The molecule has 0 saturated heterocycles. The van der Waals surface area contributed by atoms with Crippen molar-refractivity contribution in [2.45, 2.75) is 174 Å². The number of carbonyl (C=O) groups is 2. The van der Waals surface area contributed by atoms with Gasteiger partial charge in [0.15, 0.2) is 6.10 Å². The highest BCUT2D eigenvalue weighted by molar-refractivity contribution is 7.47. The first-order valence-corrected chi connectivity index (χ1v) is 22.1. The maximum atomic E-state index is 12.6. The first-order valence-electron chi connectivity index (χ1n) is 20.6. The Kier molecular flexibility index (Phi) is 37.2. The van der Waals surface area contributed by atoms with Crippen molar-refractivity contribution in [2.24, 2.45) is 0 Å². The van der Waals surface area contributed by atoms with Crippen molar-refractivity contribution in [3.8, 4) is 0 Å². The lowest BCUT2D eigenvalue weighted by Gasteiger charge is -2.20. The van der Waals surface area contributed by atoms with Gasteiger partial charge in [-0.15, -0.1) is 0 Å². The van der Waals surface area contributed by atoms with Gasteiger partial charge in [-0.25, -0.2) is 4.57 Å². The van der Waals surface area contributed by atoms with E-state index in [1.165, 1.54) is 51.4 Å². The largest absolute Gasteiger partial charge is 0.472 e. The summed E-state index contributed by atoms with van der Waals surface area (Å²) in [5.74, 6) is -0.834. The third-order valence-corrected chi connectivity index (χ3v) is 9.42. The lowest BCUT2D eigenvalue weighted by molar-refractivity contribution is -0.161. The Bertz CT molecular complexity index is 996. The molecular formula is C42H76NO8P. The number of esters is 2. The smallest absolute Gasteiger partial charge is 0.462 e. The van der Waals surface area contributed by atoms with E-state index in [2.05, 4.69) is 67.8 Å². The second-order valence-corrected chi connectivity index (χ2v) is 14.9. The highest BCUT2D eigenvalue weighted by Crippen LogP contribution is 2.43. The Morgan fingerprint density at radius 2 is 1.10 bits per heavy atom. The van der Waals surface area contributed by atoms with Crippen LogP contribution in [0, 0.1) is 0 Å². The molecule has 0 radical (unpaired) electrons. The van der Waals surface area contributed by atoms with Crippen LogP contribution in [-0.4, -0.2) is 56.3 Å². The summed E-state index contributed by atoms with van der Waals surface area (Å²) in [6.45, 7) is 4.06. The molecule has 2 atom stereocenters. The number of phosphoric ester groups is 1. The highest BCUT2D eigenvalue weighted by Gasteiger charge is 2.26. The van der Waals surface area contributed by atoms with Gasteiger partial charge in [-0.2, -0.15) is 0 Å². The number of unbranched alkanes of at least 4 members (excludes halogenated alkanes) is 16. The zero-order chi connectivity index (χ0) is 38.2.